The highest BCUT2D eigenvalue weighted by atomic mass is 32.2. The molecular formula is C18H21N5OS. The third-order valence-electron chi connectivity index (χ3n) is 3.73. The number of rotatable bonds is 7. The highest BCUT2D eigenvalue weighted by Gasteiger charge is 2.10. The van der Waals surface area contributed by atoms with Crippen molar-refractivity contribution in [1.82, 2.24) is 14.9 Å². The van der Waals surface area contributed by atoms with Crippen molar-refractivity contribution in [2.75, 3.05) is 18.3 Å². The number of methoxy groups -OCH3 is 1. The summed E-state index contributed by atoms with van der Waals surface area (Å²) in [6, 6.07) is 16.1. The van der Waals surface area contributed by atoms with Crippen LogP contribution in [0.3, 0.4) is 0 Å². The van der Waals surface area contributed by atoms with Crippen molar-refractivity contribution < 1.29 is 4.74 Å². The van der Waals surface area contributed by atoms with Gasteiger partial charge in [0, 0.05) is 11.4 Å². The lowest BCUT2D eigenvalue weighted by Gasteiger charge is -2.07. The number of nitrogens with one attached hydrogen (secondary N) is 1. The van der Waals surface area contributed by atoms with Crippen LogP contribution in [0.1, 0.15) is 17.0 Å². The van der Waals surface area contributed by atoms with Crippen molar-refractivity contribution in [2.45, 2.75) is 24.4 Å². The maximum absolute atomic E-state index is 6.12. The molecule has 130 valence electrons. The van der Waals surface area contributed by atoms with Gasteiger partial charge in [0.15, 0.2) is 5.82 Å². The molecule has 0 aliphatic heterocycles. The Morgan fingerprint density at radius 1 is 1.16 bits per heavy atom. The van der Waals surface area contributed by atoms with Gasteiger partial charge in [-0.2, -0.15) is 0 Å². The number of hydrogen-bond donors (Lipinski definition) is 2. The fraction of sp³-hybridized carbons (Fsp3) is 0.222. The third-order valence-corrected chi connectivity index (χ3v) is 4.74. The number of nitrogens with zero attached hydrogens (tertiary/aromatic N) is 3. The van der Waals surface area contributed by atoms with Gasteiger partial charge < -0.3 is 15.9 Å². The average Bonchev–Trinajstić information content (AvgIpc) is 2.98. The molecule has 0 radical (unpaired) electrons. The first-order valence-corrected chi connectivity index (χ1v) is 8.90. The van der Waals surface area contributed by atoms with Gasteiger partial charge in [0.2, 0.25) is 5.16 Å². The van der Waals surface area contributed by atoms with Crippen LogP contribution >= 0.6 is 11.8 Å². The molecule has 25 heavy (non-hydrogen) atoms. The topological polar surface area (TPSA) is 78.0 Å². The average molecular weight is 355 g/mol. The summed E-state index contributed by atoms with van der Waals surface area (Å²) in [7, 11) is 1.65. The van der Waals surface area contributed by atoms with E-state index in [1.165, 1.54) is 15.8 Å². The van der Waals surface area contributed by atoms with Crippen molar-refractivity contribution >= 4 is 17.4 Å². The van der Waals surface area contributed by atoms with E-state index in [-0.39, 0.29) is 0 Å². The SMILES string of the molecule is COc1ccc(NCc2nnc(SCc3cccc(C)c3)n2N)cc1. The minimum absolute atomic E-state index is 0.501. The molecule has 0 spiro atoms. The third kappa shape index (κ3) is 4.45. The molecule has 3 rings (SSSR count). The van der Waals surface area contributed by atoms with Crippen LogP contribution in [0.5, 0.6) is 5.75 Å². The Hall–Kier alpha value is -2.67. The summed E-state index contributed by atoms with van der Waals surface area (Å²) in [5, 5.41) is 12.3. The molecule has 0 saturated carbocycles. The first-order valence-electron chi connectivity index (χ1n) is 7.91. The molecule has 0 aliphatic carbocycles. The summed E-state index contributed by atoms with van der Waals surface area (Å²) in [5.74, 6) is 8.43. The zero-order chi connectivity index (χ0) is 17.6. The molecule has 0 atom stereocenters. The molecule has 1 aromatic heterocycles. The number of aromatic nitrogens is 3. The number of aryl methyl sites for hydroxylation is 1. The van der Waals surface area contributed by atoms with Gasteiger partial charge in [0.1, 0.15) is 5.75 Å². The first-order chi connectivity index (χ1) is 12.2. The number of thioether (sulfide) groups is 1. The van der Waals surface area contributed by atoms with Crippen molar-refractivity contribution in [3.63, 3.8) is 0 Å². The highest BCUT2D eigenvalue weighted by molar-refractivity contribution is 7.98. The monoisotopic (exact) mass is 355 g/mol. The number of ether oxygens (including phenoxy) is 1. The number of benzene rings is 2. The Kier molecular flexibility index (Phi) is 5.45. The minimum atomic E-state index is 0.501. The molecule has 0 bridgehead atoms. The molecule has 0 unspecified atom stereocenters. The van der Waals surface area contributed by atoms with E-state index in [0.29, 0.717) is 17.5 Å². The van der Waals surface area contributed by atoms with Crippen molar-refractivity contribution in [1.29, 1.82) is 0 Å². The van der Waals surface area contributed by atoms with E-state index >= 15 is 0 Å². The molecule has 2 aromatic carbocycles. The minimum Gasteiger partial charge on any atom is -0.497 e. The summed E-state index contributed by atoms with van der Waals surface area (Å²) >= 11 is 1.58. The largest absolute Gasteiger partial charge is 0.497 e. The van der Waals surface area contributed by atoms with Gasteiger partial charge >= 0.3 is 0 Å². The molecule has 0 fully saturated rings. The van der Waals surface area contributed by atoms with Crippen molar-refractivity contribution in [3.8, 4) is 5.75 Å². The molecule has 7 heteroatoms. The zero-order valence-electron chi connectivity index (χ0n) is 14.3. The van der Waals surface area contributed by atoms with Crippen LogP contribution in [-0.4, -0.2) is 22.0 Å². The van der Waals surface area contributed by atoms with E-state index in [9.17, 15) is 0 Å². The Morgan fingerprint density at radius 3 is 2.68 bits per heavy atom. The second-order valence-corrected chi connectivity index (χ2v) is 6.57. The lowest BCUT2D eigenvalue weighted by Crippen LogP contribution is -2.16. The molecular weight excluding hydrogens is 334 g/mol. The standard InChI is InChI=1S/C18H21N5OS/c1-13-4-3-5-14(10-13)12-25-18-22-21-17(23(18)19)11-20-15-6-8-16(24-2)9-7-15/h3-10,20H,11-12,19H2,1-2H3. The van der Waals surface area contributed by atoms with E-state index in [1.54, 1.807) is 18.9 Å². The van der Waals surface area contributed by atoms with Gasteiger partial charge in [0.05, 0.1) is 13.7 Å². The number of nitrogens with two attached hydrogens (primary N) is 1. The summed E-state index contributed by atoms with van der Waals surface area (Å²) in [6.45, 7) is 2.59. The molecule has 3 aromatic rings. The van der Waals surface area contributed by atoms with Gasteiger partial charge in [-0.25, -0.2) is 4.68 Å². The van der Waals surface area contributed by atoms with Gasteiger partial charge in [-0.1, -0.05) is 41.6 Å². The van der Waals surface area contributed by atoms with E-state index < -0.39 is 0 Å². The van der Waals surface area contributed by atoms with Crippen molar-refractivity contribution in [3.05, 3.63) is 65.5 Å². The first kappa shape index (κ1) is 17.2. The van der Waals surface area contributed by atoms with Crippen LogP contribution in [0.15, 0.2) is 53.7 Å². The Labute approximate surface area is 151 Å². The maximum Gasteiger partial charge on any atom is 0.210 e. The molecule has 3 N–H and O–H groups in total. The molecule has 0 amide bonds. The van der Waals surface area contributed by atoms with Crippen LogP contribution in [-0.2, 0) is 12.3 Å². The van der Waals surface area contributed by atoms with Crippen LogP contribution < -0.4 is 15.9 Å². The summed E-state index contributed by atoms with van der Waals surface area (Å²) < 4.78 is 6.69. The van der Waals surface area contributed by atoms with E-state index in [0.717, 1.165) is 17.2 Å². The fourth-order valence-corrected chi connectivity index (χ4v) is 3.18. The summed E-state index contributed by atoms with van der Waals surface area (Å²) in [4.78, 5) is 0. The summed E-state index contributed by atoms with van der Waals surface area (Å²) in [5.41, 5.74) is 3.46. The zero-order valence-corrected chi connectivity index (χ0v) is 15.1. The van der Waals surface area contributed by atoms with Gasteiger partial charge in [-0.05, 0) is 36.8 Å². The maximum atomic E-state index is 6.12. The van der Waals surface area contributed by atoms with Crippen LogP contribution in [0, 0.1) is 6.92 Å². The predicted octanol–water partition coefficient (Wildman–Crippen LogP) is 3.21. The number of nitrogen functional groups attached to an aromatic ring is 1. The highest BCUT2D eigenvalue weighted by Crippen LogP contribution is 2.21. The Bertz CT molecular complexity index is 832. The normalized spacial score (nSPS) is 10.6. The van der Waals surface area contributed by atoms with Crippen LogP contribution in [0.2, 0.25) is 0 Å². The van der Waals surface area contributed by atoms with Gasteiger partial charge in [0.25, 0.3) is 0 Å². The molecule has 0 aliphatic rings. The smallest absolute Gasteiger partial charge is 0.210 e. The van der Waals surface area contributed by atoms with E-state index in [2.05, 4.69) is 46.7 Å². The number of hydrogen-bond acceptors (Lipinski definition) is 6. The van der Waals surface area contributed by atoms with Crippen molar-refractivity contribution in [2.24, 2.45) is 0 Å². The van der Waals surface area contributed by atoms with Gasteiger partial charge in [-0.15, -0.1) is 10.2 Å². The lowest BCUT2D eigenvalue weighted by molar-refractivity contribution is 0.415. The molecule has 0 saturated heterocycles. The predicted molar refractivity (Wildman–Crippen MR) is 101 cm³/mol. The molecule has 6 nitrogen and oxygen atoms in total. The Balaban J connectivity index is 1.58. The van der Waals surface area contributed by atoms with Crippen LogP contribution in [0.25, 0.3) is 0 Å². The number of anilines is 1. The van der Waals surface area contributed by atoms with Crippen LogP contribution in [0.4, 0.5) is 5.69 Å². The van der Waals surface area contributed by atoms with Gasteiger partial charge in [-0.3, -0.25) is 0 Å². The quantitative estimate of drug-likeness (QED) is 0.500. The van der Waals surface area contributed by atoms with E-state index in [4.69, 9.17) is 10.6 Å². The Morgan fingerprint density at radius 2 is 1.96 bits per heavy atom. The summed E-state index contributed by atoms with van der Waals surface area (Å²) in [6.07, 6.45) is 0. The molecule has 1 heterocycles. The van der Waals surface area contributed by atoms with E-state index in [1.807, 2.05) is 24.3 Å². The lowest BCUT2D eigenvalue weighted by atomic mass is 10.2. The fourth-order valence-electron chi connectivity index (χ4n) is 2.37. The second kappa shape index (κ2) is 7.94. The second-order valence-electron chi connectivity index (χ2n) is 5.63.